The van der Waals surface area contributed by atoms with Gasteiger partial charge in [-0.15, -0.1) is 11.8 Å². The lowest BCUT2D eigenvalue weighted by atomic mass is 10.0. The molecule has 0 aliphatic carbocycles. The number of halogens is 1. The van der Waals surface area contributed by atoms with E-state index >= 15 is 0 Å². The molecule has 1 unspecified atom stereocenters. The van der Waals surface area contributed by atoms with Crippen LogP contribution >= 0.6 is 27.7 Å². The van der Waals surface area contributed by atoms with E-state index in [-0.39, 0.29) is 17.6 Å². The standard InChI is InChI=1S/C29H33BrN2O3S/c1-3-16-31-29(34)27(18-22-8-5-4-6-9-22)32(19-24-10-7-11-26(17-24)35-2)28(33)21-36-20-23-12-14-25(30)15-13-23/h4-15,17,27H,3,16,18-21H2,1-2H3,(H,31,34). The predicted molar refractivity (Wildman–Crippen MR) is 151 cm³/mol. The van der Waals surface area contributed by atoms with Crippen molar-refractivity contribution in [1.82, 2.24) is 10.2 Å². The Morgan fingerprint density at radius 2 is 1.69 bits per heavy atom. The minimum absolute atomic E-state index is 0.0625. The van der Waals surface area contributed by atoms with E-state index in [1.165, 1.54) is 0 Å². The zero-order valence-corrected chi connectivity index (χ0v) is 23.2. The Hall–Kier alpha value is -2.77. The zero-order valence-electron chi connectivity index (χ0n) is 20.8. The van der Waals surface area contributed by atoms with Crippen molar-refractivity contribution >= 4 is 39.5 Å². The third kappa shape index (κ3) is 8.71. The number of rotatable bonds is 13. The molecule has 0 heterocycles. The molecular weight excluding hydrogens is 536 g/mol. The molecule has 0 saturated heterocycles. The van der Waals surface area contributed by atoms with E-state index in [4.69, 9.17) is 4.74 Å². The van der Waals surface area contributed by atoms with E-state index in [1.54, 1.807) is 23.8 Å². The van der Waals surface area contributed by atoms with Gasteiger partial charge < -0.3 is 15.0 Å². The lowest BCUT2D eigenvalue weighted by Gasteiger charge is -2.31. The van der Waals surface area contributed by atoms with Crippen LogP contribution in [0.2, 0.25) is 0 Å². The van der Waals surface area contributed by atoms with E-state index < -0.39 is 6.04 Å². The van der Waals surface area contributed by atoms with Gasteiger partial charge in [0, 0.05) is 29.7 Å². The molecule has 0 saturated carbocycles. The van der Waals surface area contributed by atoms with Gasteiger partial charge in [0.25, 0.3) is 0 Å². The first kappa shape index (κ1) is 27.8. The molecule has 0 spiro atoms. The third-order valence-corrected chi connectivity index (χ3v) is 7.23. The Balaban J connectivity index is 1.84. The summed E-state index contributed by atoms with van der Waals surface area (Å²) in [6, 6.07) is 25.0. The van der Waals surface area contributed by atoms with Crippen LogP contribution in [-0.2, 0) is 28.3 Å². The predicted octanol–water partition coefficient (Wildman–Crippen LogP) is 5.86. The van der Waals surface area contributed by atoms with Crippen LogP contribution in [0.4, 0.5) is 0 Å². The van der Waals surface area contributed by atoms with E-state index in [1.807, 2.05) is 85.8 Å². The van der Waals surface area contributed by atoms with Gasteiger partial charge in [-0.05, 0) is 47.4 Å². The summed E-state index contributed by atoms with van der Waals surface area (Å²) < 4.78 is 6.41. The van der Waals surface area contributed by atoms with Crippen LogP contribution in [0.5, 0.6) is 5.75 Å². The summed E-state index contributed by atoms with van der Waals surface area (Å²) in [4.78, 5) is 28.7. The number of hydrogen-bond donors (Lipinski definition) is 1. The number of thioether (sulfide) groups is 1. The molecule has 1 atom stereocenters. The molecular formula is C29H33BrN2O3S. The molecule has 0 radical (unpaired) electrons. The number of methoxy groups -OCH3 is 1. The quantitative estimate of drug-likeness (QED) is 0.280. The van der Waals surface area contributed by atoms with Gasteiger partial charge in [-0.1, -0.05) is 77.5 Å². The highest BCUT2D eigenvalue weighted by Gasteiger charge is 2.30. The Labute approximate surface area is 226 Å². The van der Waals surface area contributed by atoms with E-state index in [9.17, 15) is 9.59 Å². The van der Waals surface area contributed by atoms with Crippen LogP contribution < -0.4 is 10.1 Å². The molecule has 0 aromatic heterocycles. The van der Waals surface area contributed by atoms with Crippen LogP contribution in [-0.4, -0.2) is 42.2 Å². The summed E-state index contributed by atoms with van der Waals surface area (Å²) in [6.45, 7) is 2.92. The molecule has 0 bridgehead atoms. The minimum atomic E-state index is -0.620. The second kappa shape index (κ2) is 14.7. The highest BCUT2D eigenvalue weighted by atomic mass is 79.9. The number of carbonyl (C=O) groups excluding carboxylic acids is 2. The highest BCUT2D eigenvalue weighted by molar-refractivity contribution is 9.10. The van der Waals surface area contributed by atoms with Crippen LogP contribution in [0.25, 0.3) is 0 Å². The maximum absolute atomic E-state index is 13.6. The number of benzene rings is 3. The van der Waals surface area contributed by atoms with Crippen molar-refractivity contribution in [3.63, 3.8) is 0 Å². The molecule has 2 amide bonds. The molecule has 0 aliphatic heterocycles. The molecule has 3 rings (SSSR count). The Kier molecular flexibility index (Phi) is 11.4. The van der Waals surface area contributed by atoms with Gasteiger partial charge >= 0.3 is 0 Å². The fourth-order valence-electron chi connectivity index (χ4n) is 3.81. The molecule has 0 fully saturated rings. The third-order valence-electron chi connectivity index (χ3n) is 5.71. The topological polar surface area (TPSA) is 58.6 Å². The van der Waals surface area contributed by atoms with Crippen LogP contribution in [0.1, 0.15) is 30.0 Å². The summed E-state index contributed by atoms with van der Waals surface area (Å²) in [6.07, 6.45) is 1.28. The molecule has 5 nitrogen and oxygen atoms in total. The van der Waals surface area contributed by atoms with Crippen LogP contribution in [0, 0.1) is 0 Å². The number of amides is 2. The number of ether oxygens (including phenoxy) is 1. The van der Waals surface area contributed by atoms with E-state index in [0.29, 0.717) is 19.5 Å². The largest absolute Gasteiger partial charge is 0.497 e. The van der Waals surface area contributed by atoms with E-state index in [2.05, 4.69) is 21.2 Å². The van der Waals surface area contributed by atoms with Gasteiger partial charge in [0.2, 0.25) is 11.8 Å². The van der Waals surface area contributed by atoms with Gasteiger partial charge in [0.15, 0.2) is 0 Å². The first-order valence-corrected chi connectivity index (χ1v) is 14.0. The summed E-state index contributed by atoms with van der Waals surface area (Å²) >= 11 is 5.01. The number of hydrogen-bond acceptors (Lipinski definition) is 4. The summed E-state index contributed by atoms with van der Waals surface area (Å²) in [7, 11) is 1.62. The van der Waals surface area contributed by atoms with Gasteiger partial charge in [0.05, 0.1) is 12.9 Å². The van der Waals surface area contributed by atoms with Crippen LogP contribution in [0.3, 0.4) is 0 Å². The fourth-order valence-corrected chi connectivity index (χ4v) is 4.94. The first-order chi connectivity index (χ1) is 17.5. The average molecular weight is 570 g/mol. The molecule has 3 aromatic rings. The van der Waals surface area contributed by atoms with Gasteiger partial charge in [-0.2, -0.15) is 0 Å². The van der Waals surface area contributed by atoms with Gasteiger partial charge in [-0.3, -0.25) is 9.59 Å². The normalized spacial score (nSPS) is 11.5. The lowest BCUT2D eigenvalue weighted by Crippen LogP contribution is -2.51. The molecule has 1 N–H and O–H groups in total. The van der Waals surface area contributed by atoms with Crippen molar-refractivity contribution < 1.29 is 14.3 Å². The smallest absolute Gasteiger partial charge is 0.243 e. The van der Waals surface area contributed by atoms with Crippen molar-refractivity contribution in [3.8, 4) is 5.75 Å². The fraction of sp³-hybridized carbons (Fsp3) is 0.310. The Morgan fingerprint density at radius 1 is 0.972 bits per heavy atom. The SMILES string of the molecule is CCCNC(=O)C(Cc1ccccc1)N(Cc1cccc(OC)c1)C(=O)CSCc1ccc(Br)cc1. The average Bonchev–Trinajstić information content (AvgIpc) is 2.91. The Morgan fingerprint density at radius 3 is 2.39 bits per heavy atom. The molecule has 36 heavy (non-hydrogen) atoms. The lowest BCUT2D eigenvalue weighted by molar-refractivity contribution is -0.139. The molecule has 3 aromatic carbocycles. The molecule has 190 valence electrons. The zero-order chi connectivity index (χ0) is 25.8. The van der Waals surface area contributed by atoms with E-state index in [0.717, 1.165) is 39.1 Å². The number of nitrogens with one attached hydrogen (secondary N) is 1. The Bertz CT molecular complexity index is 1110. The molecule has 7 heteroatoms. The first-order valence-electron chi connectivity index (χ1n) is 12.1. The highest BCUT2D eigenvalue weighted by Crippen LogP contribution is 2.21. The minimum Gasteiger partial charge on any atom is -0.497 e. The van der Waals surface area contributed by atoms with Crippen molar-refractivity contribution in [2.45, 2.75) is 38.1 Å². The monoisotopic (exact) mass is 568 g/mol. The number of nitrogens with zero attached hydrogens (tertiary/aromatic N) is 1. The van der Waals surface area contributed by atoms with Crippen molar-refractivity contribution in [3.05, 3.63) is 100 Å². The molecule has 0 aliphatic rings. The summed E-state index contributed by atoms with van der Waals surface area (Å²) in [5.74, 6) is 1.53. The van der Waals surface area contributed by atoms with Gasteiger partial charge in [0.1, 0.15) is 11.8 Å². The number of carbonyl (C=O) groups is 2. The van der Waals surface area contributed by atoms with Crippen LogP contribution in [0.15, 0.2) is 83.3 Å². The van der Waals surface area contributed by atoms with Crippen molar-refractivity contribution in [2.75, 3.05) is 19.4 Å². The summed E-state index contributed by atoms with van der Waals surface area (Å²) in [5.41, 5.74) is 3.08. The second-order valence-corrected chi connectivity index (χ2v) is 10.4. The maximum Gasteiger partial charge on any atom is 0.243 e. The maximum atomic E-state index is 13.6. The van der Waals surface area contributed by atoms with Gasteiger partial charge in [-0.25, -0.2) is 0 Å². The second-order valence-electron chi connectivity index (χ2n) is 8.49. The van der Waals surface area contributed by atoms with Crippen molar-refractivity contribution in [1.29, 1.82) is 0 Å². The van der Waals surface area contributed by atoms with Crippen molar-refractivity contribution in [2.24, 2.45) is 0 Å². The summed E-state index contributed by atoms with van der Waals surface area (Å²) in [5, 5.41) is 3.01.